The van der Waals surface area contributed by atoms with Crippen molar-refractivity contribution in [3.8, 4) is 0 Å². The monoisotopic (exact) mass is 481 g/mol. The highest BCUT2D eigenvalue weighted by atomic mass is 127. The summed E-state index contributed by atoms with van der Waals surface area (Å²) in [7, 11) is 1.91. The summed E-state index contributed by atoms with van der Waals surface area (Å²) in [5.41, 5.74) is 8.07. The number of aliphatic imine (C=N–C) groups is 1. The molecular weight excluding hydrogens is 460 g/mol. The van der Waals surface area contributed by atoms with Crippen LogP contribution in [0.2, 0.25) is 10.0 Å². The van der Waals surface area contributed by atoms with Gasteiger partial charge in [0, 0.05) is 29.8 Å². The molecule has 5 nitrogen and oxygen atoms in total. The van der Waals surface area contributed by atoms with Crippen LogP contribution in [0, 0.1) is 0 Å². The van der Waals surface area contributed by atoms with Crippen LogP contribution >= 0.6 is 47.2 Å². The van der Waals surface area contributed by atoms with Crippen molar-refractivity contribution in [3.63, 3.8) is 0 Å². The predicted octanol–water partition coefficient (Wildman–Crippen LogP) is 3.94. The molecule has 0 amide bonds. The van der Waals surface area contributed by atoms with E-state index in [-0.39, 0.29) is 30.0 Å². The minimum atomic E-state index is -0.0400. The van der Waals surface area contributed by atoms with Gasteiger partial charge in [-0.3, -0.25) is 9.67 Å². The molecule has 0 fully saturated rings. The fraction of sp³-hybridized carbons (Fsp3) is 0.375. The number of guanidine groups is 1. The van der Waals surface area contributed by atoms with Gasteiger partial charge in [-0.2, -0.15) is 5.10 Å². The molecule has 2 aromatic rings. The Morgan fingerprint density at radius 1 is 1.42 bits per heavy atom. The van der Waals surface area contributed by atoms with Crippen LogP contribution in [0.5, 0.6) is 0 Å². The lowest BCUT2D eigenvalue weighted by Crippen LogP contribution is -2.34. The molecule has 1 heterocycles. The maximum atomic E-state index is 6.19. The summed E-state index contributed by atoms with van der Waals surface area (Å²) in [6, 6.07) is 5.37. The number of aryl methyl sites for hydroxylation is 2. The van der Waals surface area contributed by atoms with E-state index in [0.29, 0.717) is 22.5 Å². The zero-order valence-corrected chi connectivity index (χ0v) is 17.5. The third-order valence-electron chi connectivity index (χ3n) is 3.46. The second kappa shape index (κ2) is 10.1. The fourth-order valence-electron chi connectivity index (χ4n) is 2.28. The van der Waals surface area contributed by atoms with Crippen molar-refractivity contribution in [2.75, 3.05) is 6.54 Å². The van der Waals surface area contributed by atoms with Crippen molar-refractivity contribution in [1.82, 2.24) is 15.1 Å². The van der Waals surface area contributed by atoms with Gasteiger partial charge in [-0.1, -0.05) is 29.3 Å². The topological polar surface area (TPSA) is 68.2 Å². The molecular formula is C16H22Cl2IN5. The average molecular weight is 482 g/mol. The molecule has 0 aliphatic carbocycles. The highest BCUT2D eigenvalue weighted by Gasteiger charge is 2.10. The van der Waals surface area contributed by atoms with E-state index in [4.69, 9.17) is 28.9 Å². The predicted molar refractivity (Wildman–Crippen MR) is 111 cm³/mol. The lowest BCUT2D eigenvalue weighted by atomic mass is 10.1. The molecule has 0 radical (unpaired) electrons. The van der Waals surface area contributed by atoms with Gasteiger partial charge in [-0.15, -0.1) is 24.0 Å². The van der Waals surface area contributed by atoms with E-state index >= 15 is 0 Å². The first-order chi connectivity index (χ1) is 11.0. The summed E-state index contributed by atoms with van der Waals surface area (Å²) < 4.78 is 1.80. The van der Waals surface area contributed by atoms with Gasteiger partial charge in [0.15, 0.2) is 5.96 Å². The third-order valence-corrected chi connectivity index (χ3v) is 4.02. The summed E-state index contributed by atoms with van der Waals surface area (Å²) in [5, 5.41) is 8.51. The van der Waals surface area contributed by atoms with Gasteiger partial charge >= 0.3 is 0 Å². The Bertz CT molecular complexity index is 687. The number of halogens is 3. The molecule has 0 aliphatic rings. The largest absolute Gasteiger partial charge is 0.370 e. The van der Waals surface area contributed by atoms with Crippen LogP contribution in [-0.4, -0.2) is 22.3 Å². The molecule has 8 heteroatoms. The Morgan fingerprint density at radius 3 is 2.79 bits per heavy atom. The first kappa shape index (κ1) is 21.1. The zero-order chi connectivity index (χ0) is 16.8. The smallest absolute Gasteiger partial charge is 0.189 e. The number of benzene rings is 1. The highest BCUT2D eigenvalue weighted by molar-refractivity contribution is 14.0. The van der Waals surface area contributed by atoms with Crippen LogP contribution in [0.3, 0.4) is 0 Å². The molecule has 132 valence electrons. The molecule has 0 aliphatic heterocycles. The summed E-state index contributed by atoms with van der Waals surface area (Å²) >= 11 is 12.1. The molecule has 1 unspecified atom stereocenters. The molecule has 1 aromatic heterocycles. The second-order valence-electron chi connectivity index (χ2n) is 5.42. The number of nitrogens with zero attached hydrogens (tertiary/aromatic N) is 3. The summed E-state index contributed by atoms with van der Waals surface area (Å²) in [6.45, 7) is 2.64. The molecule has 1 atom stereocenters. The number of aromatic nitrogens is 2. The van der Waals surface area contributed by atoms with Crippen LogP contribution in [0.1, 0.15) is 30.5 Å². The molecule has 24 heavy (non-hydrogen) atoms. The summed E-state index contributed by atoms with van der Waals surface area (Å²) in [5.74, 6) is 0.412. The normalized spacial score (nSPS) is 12.6. The number of hydrogen-bond acceptors (Lipinski definition) is 2. The van der Waals surface area contributed by atoms with Crippen LogP contribution < -0.4 is 11.1 Å². The van der Waals surface area contributed by atoms with E-state index in [1.165, 1.54) is 5.56 Å². The van der Waals surface area contributed by atoms with E-state index in [2.05, 4.69) is 15.4 Å². The average Bonchev–Trinajstić information content (AvgIpc) is 2.89. The van der Waals surface area contributed by atoms with Crippen molar-refractivity contribution >= 4 is 53.1 Å². The molecule has 0 saturated heterocycles. The van der Waals surface area contributed by atoms with E-state index < -0.39 is 0 Å². The van der Waals surface area contributed by atoms with Gasteiger partial charge in [-0.25, -0.2) is 0 Å². The molecule has 2 rings (SSSR count). The van der Waals surface area contributed by atoms with E-state index in [1.807, 2.05) is 38.5 Å². The zero-order valence-electron chi connectivity index (χ0n) is 13.7. The number of nitrogens with one attached hydrogen (secondary N) is 1. The molecule has 3 N–H and O–H groups in total. The van der Waals surface area contributed by atoms with Crippen LogP contribution in [0.4, 0.5) is 0 Å². The highest BCUT2D eigenvalue weighted by Crippen LogP contribution is 2.25. The minimum absolute atomic E-state index is 0. The minimum Gasteiger partial charge on any atom is -0.370 e. The van der Waals surface area contributed by atoms with E-state index in [1.54, 1.807) is 10.7 Å². The Labute approximate surface area is 169 Å². The third kappa shape index (κ3) is 6.49. The van der Waals surface area contributed by atoms with E-state index in [9.17, 15) is 0 Å². The Hall–Kier alpha value is -0.990. The first-order valence-corrected chi connectivity index (χ1v) is 8.20. The van der Waals surface area contributed by atoms with Gasteiger partial charge in [0.1, 0.15) is 0 Å². The van der Waals surface area contributed by atoms with Gasteiger partial charge in [0.2, 0.25) is 0 Å². The lowest BCUT2D eigenvalue weighted by molar-refractivity contribution is 0.704. The van der Waals surface area contributed by atoms with Crippen molar-refractivity contribution in [2.45, 2.75) is 25.8 Å². The molecule has 0 saturated carbocycles. The summed E-state index contributed by atoms with van der Waals surface area (Å²) in [6.07, 6.45) is 5.74. The van der Waals surface area contributed by atoms with Crippen molar-refractivity contribution in [3.05, 3.63) is 51.8 Å². The number of hydrogen-bond donors (Lipinski definition) is 2. The lowest BCUT2D eigenvalue weighted by Gasteiger charge is -2.16. The standard InChI is InChI=1S/C16H21Cl2N5.HI/c1-11(14-6-5-13(17)8-15(14)18)22-16(19)20-7-3-4-12-9-21-23(2)10-12;/h5-6,8-11H,3-4,7H2,1-2H3,(H3,19,20,22);1H. The van der Waals surface area contributed by atoms with Crippen molar-refractivity contribution < 1.29 is 0 Å². The van der Waals surface area contributed by atoms with Gasteiger partial charge in [-0.05, 0) is 43.0 Å². The SMILES string of the molecule is CC(NC(N)=NCCCc1cnn(C)c1)c1ccc(Cl)cc1Cl.I. The quantitative estimate of drug-likeness (QED) is 0.284. The van der Waals surface area contributed by atoms with Crippen LogP contribution in [-0.2, 0) is 13.5 Å². The van der Waals surface area contributed by atoms with Gasteiger partial charge in [0.05, 0.1) is 12.2 Å². The van der Waals surface area contributed by atoms with Crippen LogP contribution in [0.15, 0.2) is 35.6 Å². The Morgan fingerprint density at radius 2 is 2.17 bits per heavy atom. The Balaban J connectivity index is 0.00000288. The van der Waals surface area contributed by atoms with E-state index in [0.717, 1.165) is 18.4 Å². The first-order valence-electron chi connectivity index (χ1n) is 7.44. The van der Waals surface area contributed by atoms with Gasteiger partial charge < -0.3 is 11.1 Å². The Kier molecular flexibility index (Phi) is 8.86. The van der Waals surface area contributed by atoms with Gasteiger partial charge in [0.25, 0.3) is 0 Å². The number of nitrogens with two attached hydrogens (primary N) is 1. The van der Waals surface area contributed by atoms with Crippen molar-refractivity contribution in [1.29, 1.82) is 0 Å². The molecule has 1 aromatic carbocycles. The molecule has 0 bridgehead atoms. The van der Waals surface area contributed by atoms with Crippen LogP contribution in [0.25, 0.3) is 0 Å². The maximum Gasteiger partial charge on any atom is 0.189 e. The maximum absolute atomic E-state index is 6.19. The molecule has 0 spiro atoms. The summed E-state index contributed by atoms with van der Waals surface area (Å²) in [4.78, 5) is 4.35. The second-order valence-corrected chi connectivity index (χ2v) is 6.27. The fourth-order valence-corrected chi connectivity index (χ4v) is 2.85. The van der Waals surface area contributed by atoms with Crippen molar-refractivity contribution in [2.24, 2.45) is 17.8 Å². The number of rotatable bonds is 6.